The molecule has 3 rings (SSSR count). The van der Waals surface area contributed by atoms with Crippen LogP contribution in [-0.2, 0) is 0 Å². The minimum absolute atomic E-state index is 0.349. The van der Waals surface area contributed by atoms with Gasteiger partial charge in [0.2, 0.25) is 0 Å². The van der Waals surface area contributed by atoms with Gasteiger partial charge in [0.25, 0.3) is 0 Å². The van der Waals surface area contributed by atoms with E-state index in [1.54, 1.807) is 6.33 Å². The molecule has 5 heteroatoms. The predicted octanol–water partition coefficient (Wildman–Crippen LogP) is 2.22. The Hall–Kier alpha value is -1.36. The Kier molecular flexibility index (Phi) is 3.78. The molecule has 5 nitrogen and oxygen atoms in total. The zero-order valence-corrected chi connectivity index (χ0v) is 13.6. The van der Waals surface area contributed by atoms with E-state index in [9.17, 15) is 0 Å². The van der Waals surface area contributed by atoms with Gasteiger partial charge in [0.1, 0.15) is 18.0 Å². The molecule has 0 saturated carbocycles. The minimum atomic E-state index is 0.349. The number of nitrogens with zero attached hydrogens (tertiary/aromatic N) is 4. The number of nitrogens with one attached hydrogen (secondary N) is 1. The van der Waals surface area contributed by atoms with Gasteiger partial charge in [-0.1, -0.05) is 20.8 Å². The fraction of sp³-hybridized carbons (Fsp3) is 0.750. The van der Waals surface area contributed by atoms with Crippen molar-refractivity contribution in [3.8, 4) is 0 Å². The van der Waals surface area contributed by atoms with Gasteiger partial charge in [0, 0.05) is 37.8 Å². The second kappa shape index (κ2) is 5.44. The second-order valence-corrected chi connectivity index (χ2v) is 7.63. The third-order valence-electron chi connectivity index (χ3n) is 4.64. The lowest BCUT2D eigenvalue weighted by atomic mass is 9.92. The summed E-state index contributed by atoms with van der Waals surface area (Å²) in [6, 6.07) is 3.42. The second-order valence-electron chi connectivity index (χ2n) is 7.63. The Bertz CT molecular complexity index is 494. The topological polar surface area (TPSA) is 44.3 Å². The Morgan fingerprint density at radius 1 is 1.24 bits per heavy atom. The van der Waals surface area contributed by atoms with Gasteiger partial charge in [0.15, 0.2) is 0 Å². The molecule has 116 valence electrons. The molecule has 0 amide bonds. The maximum absolute atomic E-state index is 4.48. The lowest BCUT2D eigenvalue weighted by molar-refractivity contribution is 0.292. The van der Waals surface area contributed by atoms with Crippen molar-refractivity contribution in [1.82, 2.24) is 14.9 Å². The summed E-state index contributed by atoms with van der Waals surface area (Å²) in [4.78, 5) is 13.7. The Morgan fingerprint density at radius 2 is 2.05 bits per heavy atom. The van der Waals surface area contributed by atoms with Crippen LogP contribution in [0.1, 0.15) is 33.6 Å². The molecule has 1 aromatic rings. The Balaban J connectivity index is 1.62. The van der Waals surface area contributed by atoms with Crippen LogP contribution >= 0.6 is 0 Å². The highest BCUT2D eigenvalue weighted by Crippen LogP contribution is 2.33. The van der Waals surface area contributed by atoms with E-state index in [1.807, 2.05) is 0 Å². The highest BCUT2D eigenvalue weighted by atomic mass is 15.4. The fourth-order valence-corrected chi connectivity index (χ4v) is 3.31. The number of aromatic nitrogens is 2. The van der Waals surface area contributed by atoms with Crippen LogP contribution in [-0.4, -0.2) is 53.6 Å². The zero-order chi connectivity index (χ0) is 15.0. The number of anilines is 2. The van der Waals surface area contributed by atoms with Crippen LogP contribution in [0.15, 0.2) is 12.4 Å². The van der Waals surface area contributed by atoms with Gasteiger partial charge in [-0.2, -0.15) is 0 Å². The lowest BCUT2D eigenvalue weighted by Crippen LogP contribution is -2.44. The summed E-state index contributed by atoms with van der Waals surface area (Å²) in [5.74, 6) is 2.02. The summed E-state index contributed by atoms with van der Waals surface area (Å²) in [5, 5.41) is 3.43. The quantitative estimate of drug-likeness (QED) is 0.921. The molecular weight excluding hydrogens is 262 g/mol. The van der Waals surface area contributed by atoms with Crippen molar-refractivity contribution in [3.05, 3.63) is 12.4 Å². The molecular formula is C16H27N5. The van der Waals surface area contributed by atoms with Crippen LogP contribution in [0.5, 0.6) is 0 Å². The van der Waals surface area contributed by atoms with Gasteiger partial charge < -0.3 is 10.2 Å². The average molecular weight is 289 g/mol. The summed E-state index contributed by atoms with van der Waals surface area (Å²) in [6.07, 6.45) is 4.09. The van der Waals surface area contributed by atoms with Gasteiger partial charge >= 0.3 is 0 Å². The molecule has 0 aliphatic carbocycles. The van der Waals surface area contributed by atoms with Gasteiger partial charge in [-0.25, -0.2) is 9.97 Å². The van der Waals surface area contributed by atoms with E-state index in [0.29, 0.717) is 17.5 Å². The first-order valence-electron chi connectivity index (χ1n) is 7.95. The van der Waals surface area contributed by atoms with Crippen molar-refractivity contribution in [1.29, 1.82) is 0 Å². The number of hydrogen-bond donors (Lipinski definition) is 1. The molecule has 0 radical (unpaired) electrons. The van der Waals surface area contributed by atoms with Crippen molar-refractivity contribution in [2.45, 2.75) is 45.7 Å². The van der Waals surface area contributed by atoms with Gasteiger partial charge in [-0.3, -0.25) is 4.90 Å². The first-order chi connectivity index (χ1) is 9.92. The van der Waals surface area contributed by atoms with Crippen molar-refractivity contribution in [3.63, 3.8) is 0 Å². The van der Waals surface area contributed by atoms with E-state index < -0.39 is 0 Å². The Labute approximate surface area is 127 Å². The number of piperazine rings is 1. The average Bonchev–Trinajstić information content (AvgIpc) is 2.96. The van der Waals surface area contributed by atoms with E-state index in [2.05, 4.69) is 59.0 Å². The number of likely N-dealkylation sites (N-methyl/N-ethyl adjacent to an activating group) is 1. The lowest BCUT2D eigenvalue weighted by Gasteiger charge is -2.32. The van der Waals surface area contributed by atoms with Gasteiger partial charge in [0.05, 0.1) is 0 Å². The summed E-state index contributed by atoms with van der Waals surface area (Å²) >= 11 is 0. The minimum Gasteiger partial charge on any atom is -0.370 e. The SMILES string of the molecule is CN1C[C@@H]2C[C@H]1CN2c1cc(NCCC(C)(C)C)ncn1. The first-order valence-corrected chi connectivity index (χ1v) is 7.95. The molecule has 21 heavy (non-hydrogen) atoms. The van der Waals surface area contributed by atoms with Crippen molar-refractivity contribution >= 4 is 11.6 Å². The molecule has 3 heterocycles. The monoisotopic (exact) mass is 289 g/mol. The molecule has 2 fully saturated rings. The summed E-state index contributed by atoms with van der Waals surface area (Å²) in [7, 11) is 2.22. The molecule has 2 bridgehead atoms. The van der Waals surface area contributed by atoms with E-state index in [1.165, 1.54) is 6.42 Å². The van der Waals surface area contributed by atoms with Crippen LogP contribution in [0.3, 0.4) is 0 Å². The van der Waals surface area contributed by atoms with E-state index in [4.69, 9.17) is 0 Å². The molecule has 1 N–H and O–H groups in total. The molecule has 1 aromatic heterocycles. The highest BCUT2D eigenvalue weighted by molar-refractivity contribution is 5.51. The molecule has 2 atom stereocenters. The molecule has 0 spiro atoms. The van der Waals surface area contributed by atoms with Crippen LogP contribution in [0.4, 0.5) is 11.6 Å². The third-order valence-corrected chi connectivity index (χ3v) is 4.64. The molecule has 2 aliphatic rings. The summed E-state index contributed by atoms with van der Waals surface area (Å²) in [6.45, 7) is 9.99. The Morgan fingerprint density at radius 3 is 2.67 bits per heavy atom. The standard InChI is InChI=1S/C16H27N5/c1-16(2,3)5-6-17-14-8-15(19-11-18-14)21-10-12-7-13(21)9-20(12)4/h8,11-13H,5-7,9-10H2,1-4H3,(H,17,18,19)/t12-,13-/m0/s1. The smallest absolute Gasteiger partial charge is 0.134 e. The van der Waals surface area contributed by atoms with Crippen molar-refractivity contribution in [2.75, 3.05) is 36.9 Å². The van der Waals surface area contributed by atoms with Gasteiger partial charge in [-0.05, 0) is 25.3 Å². The van der Waals surface area contributed by atoms with Crippen LogP contribution in [0.2, 0.25) is 0 Å². The summed E-state index contributed by atoms with van der Waals surface area (Å²) < 4.78 is 0. The van der Waals surface area contributed by atoms with E-state index in [0.717, 1.165) is 37.7 Å². The van der Waals surface area contributed by atoms with E-state index >= 15 is 0 Å². The van der Waals surface area contributed by atoms with Crippen LogP contribution < -0.4 is 10.2 Å². The number of fused-ring (bicyclic) bond motifs is 2. The highest BCUT2D eigenvalue weighted by Gasteiger charge is 2.41. The summed E-state index contributed by atoms with van der Waals surface area (Å²) in [5.41, 5.74) is 0.349. The van der Waals surface area contributed by atoms with Crippen LogP contribution in [0.25, 0.3) is 0 Å². The fourth-order valence-electron chi connectivity index (χ4n) is 3.31. The largest absolute Gasteiger partial charge is 0.370 e. The van der Waals surface area contributed by atoms with E-state index in [-0.39, 0.29) is 0 Å². The normalized spacial score (nSPS) is 25.6. The molecule has 0 unspecified atom stereocenters. The predicted molar refractivity (Wildman–Crippen MR) is 86.8 cm³/mol. The molecule has 2 saturated heterocycles. The molecule has 2 aliphatic heterocycles. The van der Waals surface area contributed by atoms with Crippen molar-refractivity contribution < 1.29 is 0 Å². The van der Waals surface area contributed by atoms with Gasteiger partial charge in [-0.15, -0.1) is 0 Å². The zero-order valence-electron chi connectivity index (χ0n) is 13.6. The number of rotatable bonds is 4. The maximum atomic E-state index is 4.48. The van der Waals surface area contributed by atoms with Crippen LogP contribution in [0, 0.1) is 5.41 Å². The number of hydrogen-bond acceptors (Lipinski definition) is 5. The number of likely N-dealkylation sites (tertiary alicyclic amines) is 1. The third kappa shape index (κ3) is 3.28. The first kappa shape index (κ1) is 14.6. The van der Waals surface area contributed by atoms with Crippen molar-refractivity contribution in [2.24, 2.45) is 5.41 Å². The molecule has 0 aromatic carbocycles. The maximum Gasteiger partial charge on any atom is 0.134 e.